The van der Waals surface area contributed by atoms with Gasteiger partial charge in [0.05, 0.1) is 10.6 Å². The van der Waals surface area contributed by atoms with Crippen molar-refractivity contribution in [3.63, 3.8) is 0 Å². The van der Waals surface area contributed by atoms with Crippen molar-refractivity contribution in [3.8, 4) is 10.6 Å². The molecule has 0 aliphatic rings. The number of rotatable bonds is 2. The second kappa shape index (κ2) is 11.7. The van der Waals surface area contributed by atoms with Gasteiger partial charge < -0.3 is 16.8 Å². The summed E-state index contributed by atoms with van der Waals surface area (Å²) in [4.78, 5) is 0. The van der Waals surface area contributed by atoms with Crippen LogP contribution >= 0.6 is 16.0 Å². The highest BCUT2D eigenvalue weighted by molar-refractivity contribution is 7.52. The average Bonchev–Trinajstić information content (AvgIpc) is 3.49. The average molecular weight is 707 g/mol. The first-order valence-electron chi connectivity index (χ1n) is 17.3. The minimum atomic E-state index is -1.67. The number of fused-ring (bicyclic) bond motifs is 14. The highest BCUT2D eigenvalue weighted by Gasteiger charge is 2.20. The summed E-state index contributed by atoms with van der Waals surface area (Å²) in [5.41, 5.74) is 3.16. The lowest BCUT2D eigenvalue weighted by Gasteiger charge is -2.05. The Morgan fingerprint density at radius 3 is 0.788 bits per heavy atom. The third kappa shape index (κ3) is 4.55. The normalized spacial score (nSPS) is 11.8. The largest absolute Gasteiger partial charge is 0.416 e. The van der Waals surface area contributed by atoms with Crippen LogP contribution in [0.1, 0.15) is 0 Å². The fourth-order valence-electron chi connectivity index (χ4n) is 7.71. The van der Waals surface area contributed by atoms with Crippen LogP contribution in [0.2, 0.25) is 0 Å². The first-order valence-corrected chi connectivity index (χ1v) is 19.6. The van der Waals surface area contributed by atoms with Gasteiger partial charge in [-0.15, -0.1) is 0 Å². The Morgan fingerprint density at radius 2 is 0.500 bits per heavy atom. The number of benzene rings is 9. The predicted molar refractivity (Wildman–Crippen MR) is 219 cm³/mol. The molecule has 52 heavy (non-hydrogen) atoms. The first kappa shape index (κ1) is 29.5. The number of hydrogen-bond donors (Lipinski definition) is 0. The van der Waals surface area contributed by atoms with E-state index in [1.807, 2.05) is 12.1 Å². The molecule has 0 atom stereocenters. The lowest BCUT2D eigenvalue weighted by Crippen LogP contribution is -1.79. The molecule has 11 aromatic rings. The summed E-state index contributed by atoms with van der Waals surface area (Å²) in [6.07, 6.45) is 0. The van der Waals surface area contributed by atoms with Gasteiger partial charge in [-0.25, -0.2) is 0 Å². The van der Waals surface area contributed by atoms with Crippen molar-refractivity contribution in [1.82, 2.24) is 0 Å². The quantitative estimate of drug-likeness (QED) is 0.180. The van der Waals surface area contributed by atoms with E-state index in [9.17, 15) is 0 Å². The maximum atomic E-state index is 7.04. The molecule has 0 aliphatic carbocycles. The van der Waals surface area contributed by atoms with E-state index in [-0.39, 0.29) is 0 Å². The second-order valence-electron chi connectivity index (χ2n) is 13.0. The molecule has 11 rings (SSSR count). The smallest absolute Gasteiger partial charge is 0.254 e. The molecule has 246 valence electrons. The van der Waals surface area contributed by atoms with Crippen molar-refractivity contribution in [2.24, 2.45) is 0 Å². The molecule has 2 heterocycles. The summed E-state index contributed by atoms with van der Waals surface area (Å²) in [6.45, 7) is 0. The van der Waals surface area contributed by atoms with E-state index in [0.717, 1.165) is 97.6 Å². The molecule has 0 unspecified atom stereocenters. The van der Waals surface area contributed by atoms with Crippen molar-refractivity contribution in [2.45, 2.75) is 0 Å². The van der Waals surface area contributed by atoms with Crippen LogP contribution in [0.4, 0.5) is 0 Å². The van der Waals surface area contributed by atoms with Gasteiger partial charge in [0.2, 0.25) is 0 Å². The van der Waals surface area contributed by atoms with Gasteiger partial charge in [0.15, 0.2) is 0 Å². The van der Waals surface area contributed by atoms with Gasteiger partial charge in [-0.05, 0) is 79.5 Å². The monoisotopic (exact) mass is 706 g/mol. The molecule has 0 aliphatic heterocycles. The first-order chi connectivity index (χ1) is 25.8. The summed E-state index contributed by atoms with van der Waals surface area (Å²) in [5, 5.41) is 15.1. The van der Waals surface area contributed by atoms with E-state index in [2.05, 4.69) is 158 Å². The van der Waals surface area contributed by atoms with Gasteiger partial charge in [-0.3, -0.25) is 0 Å². The van der Waals surface area contributed by atoms with Crippen molar-refractivity contribution < 1.29 is 16.8 Å². The van der Waals surface area contributed by atoms with Crippen molar-refractivity contribution in [3.05, 3.63) is 170 Å². The zero-order valence-corrected chi connectivity index (χ0v) is 29.5. The van der Waals surface area contributed by atoms with Crippen LogP contribution in [0, 0.1) is 0 Å². The molecule has 0 saturated carbocycles. The van der Waals surface area contributed by atoms with Crippen LogP contribution in [0.25, 0.3) is 97.6 Å². The highest BCUT2D eigenvalue weighted by Crippen LogP contribution is 2.55. The fourth-order valence-corrected chi connectivity index (χ4v) is 10.9. The fraction of sp³-hybridized carbons (Fsp3) is 0. The van der Waals surface area contributed by atoms with Crippen LogP contribution in [-0.4, -0.2) is 0 Å². The van der Waals surface area contributed by atoms with Crippen LogP contribution < -0.4 is 0 Å². The molecule has 0 spiro atoms. The summed E-state index contributed by atoms with van der Waals surface area (Å²) in [5.74, 6) is 0. The Labute approximate surface area is 299 Å². The minimum absolute atomic E-state index is 0.791. The van der Waals surface area contributed by atoms with Crippen molar-refractivity contribution in [1.29, 1.82) is 0 Å². The summed E-state index contributed by atoms with van der Waals surface area (Å²) >= 11 is 0. The summed E-state index contributed by atoms with van der Waals surface area (Å²) in [6, 6.07) is 59.1. The Morgan fingerprint density at radius 1 is 0.250 bits per heavy atom. The standard InChI is InChI=1S/C46H28O4P2/c1-5-15-33-29(11-1)21-25-37-43(33)44-34-16-6-2-12-30(34)22-26-38(44)48-51(47-37)41-19-9-10-20-42(41)52-49-39-27-23-31-13-3-7-17-35(31)45(39)46-36-18-8-4-14-32(36)24-28-40(46)50-52/h1-28H. The van der Waals surface area contributed by atoms with Crippen LogP contribution in [0.15, 0.2) is 187 Å². The Kier molecular flexibility index (Phi) is 6.64. The predicted octanol–water partition coefficient (Wildman–Crippen LogP) is 15.5. The van der Waals surface area contributed by atoms with E-state index >= 15 is 0 Å². The molecule has 0 fully saturated rings. The van der Waals surface area contributed by atoms with E-state index in [1.165, 1.54) is 0 Å². The minimum Gasteiger partial charge on any atom is -0.416 e. The maximum absolute atomic E-state index is 7.04. The van der Waals surface area contributed by atoms with E-state index in [0.29, 0.717) is 0 Å². The van der Waals surface area contributed by atoms with Crippen LogP contribution in [0.3, 0.4) is 0 Å². The van der Waals surface area contributed by atoms with Gasteiger partial charge in [0, 0.05) is 21.5 Å². The third-order valence-corrected chi connectivity index (χ3v) is 13.3. The zero-order chi connectivity index (χ0) is 34.2. The van der Waals surface area contributed by atoms with Gasteiger partial charge in [0.25, 0.3) is 16.0 Å². The maximum Gasteiger partial charge on any atom is 0.254 e. The SMILES string of the molecule is c1ccc(-p2oc3ccc4ccccc4c3c3c(ccc4ccccc43)o2)c(-p2oc3ccc4ccccc4c3c3c(ccc4ccccc43)o2)c1. The summed E-state index contributed by atoms with van der Waals surface area (Å²) in [7, 11) is -3.33. The second-order valence-corrected chi connectivity index (χ2v) is 15.7. The molecular weight excluding hydrogens is 678 g/mol. The molecule has 0 bridgehead atoms. The molecule has 0 amide bonds. The highest BCUT2D eigenvalue weighted by atomic mass is 31.1. The molecule has 9 aromatic carbocycles. The van der Waals surface area contributed by atoms with Gasteiger partial charge in [0.1, 0.15) is 22.3 Å². The lowest BCUT2D eigenvalue weighted by molar-refractivity contribution is 0.647. The number of hydrogen-bond acceptors (Lipinski definition) is 4. The van der Waals surface area contributed by atoms with Gasteiger partial charge in [-0.1, -0.05) is 133 Å². The van der Waals surface area contributed by atoms with Gasteiger partial charge in [-0.2, -0.15) is 0 Å². The molecule has 0 radical (unpaired) electrons. The lowest BCUT2D eigenvalue weighted by atomic mass is 9.99. The van der Waals surface area contributed by atoms with E-state index in [1.54, 1.807) is 0 Å². The Balaban J connectivity index is 1.27. The van der Waals surface area contributed by atoms with Crippen molar-refractivity contribution >= 4 is 103 Å². The Bertz CT molecular complexity index is 2910. The summed E-state index contributed by atoms with van der Waals surface area (Å²) < 4.78 is 28.2. The molecule has 0 saturated heterocycles. The topological polar surface area (TPSA) is 52.6 Å². The van der Waals surface area contributed by atoms with E-state index in [4.69, 9.17) is 16.8 Å². The zero-order valence-electron chi connectivity index (χ0n) is 27.7. The Hall–Kier alpha value is -6.18. The van der Waals surface area contributed by atoms with Crippen LogP contribution in [-0.2, 0) is 0 Å². The molecule has 0 N–H and O–H groups in total. The molecule has 6 heteroatoms. The van der Waals surface area contributed by atoms with E-state index < -0.39 is 16.0 Å². The molecular formula is C46H28O4P2. The van der Waals surface area contributed by atoms with Crippen molar-refractivity contribution in [2.75, 3.05) is 0 Å². The van der Waals surface area contributed by atoms with Crippen LogP contribution in [0.5, 0.6) is 0 Å². The third-order valence-electron chi connectivity index (χ3n) is 10.1. The van der Waals surface area contributed by atoms with Gasteiger partial charge >= 0.3 is 0 Å². The molecule has 2 aromatic heterocycles. The molecule has 4 nitrogen and oxygen atoms in total.